The molecule has 0 aliphatic heterocycles. The number of hydrogen-bond donors (Lipinski definition) is 1. The van der Waals surface area contributed by atoms with Crippen molar-refractivity contribution in [2.45, 2.75) is 26.8 Å². The lowest BCUT2D eigenvalue weighted by molar-refractivity contribution is 0.547. The standard InChI is InChI=1S/C11H15N3/c1-7(2)14-11-9(8(3)13-14)5-4-6-10(11)12/h4-7H,12H2,1-3H3. The number of fused-ring (bicyclic) bond motifs is 1. The molecule has 0 spiro atoms. The number of nitrogens with two attached hydrogens (primary N) is 1. The Morgan fingerprint density at radius 1 is 1.36 bits per heavy atom. The zero-order chi connectivity index (χ0) is 10.3. The average molecular weight is 189 g/mol. The average Bonchev–Trinajstić information content (AvgIpc) is 2.46. The van der Waals surface area contributed by atoms with Gasteiger partial charge < -0.3 is 5.73 Å². The van der Waals surface area contributed by atoms with Gasteiger partial charge in [-0.2, -0.15) is 5.10 Å². The van der Waals surface area contributed by atoms with Crippen LogP contribution in [0.3, 0.4) is 0 Å². The Hall–Kier alpha value is -1.51. The van der Waals surface area contributed by atoms with E-state index in [-0.39, 0.29) is 0 Å². The Kier molecular flexibility index (Phi) is 1.95. The van der Waals surface area contributed by atoms with Crippen LogP contribution in [-0.4, -0.2) is 9.78 Å². The zero-order valence-electron chi connectivity index (χ0n) is 8.78. The van der Waals surface area contributed by atoms with E-state index in [1.807, 2.05) is 23.7 Å². The molecule has 2 rings (SSSR count). The second-order valence-corrected chi connectivity index (χ2v) is 3.87. The normalized spacial score (nSPS) is 11.4. The first-order chi connectivity index (χ1) is 6.61. The van der Waals surface area contributed by atoms with Crippen molar-refractivity contribution < 1.29 is 0 Å². The lowest BCUT2D eigenvalue weighted by Gasteiger charge is -2.08. The van der Waals surface area contributed by atoms with Crippen molar-refractivity contribution in [3.05, 3.63) is 23.9 Å². The van der Waals surface area contributed by atoms with Crippen LogP contribution in [0.2, 0.25) is 0 Å². The Bertz CT molecular complexity index is 469. The molecule has 0 saturated heterocycles. The van der Waals surface area contributed by atoms with Crippen LogP contribution in [0, 0.1) is 6.92 Å². The second-order valence-electron chi connectivity index (χ2n) is 3.87. The van der Waals surface area contributed by atoms with Crippen LogP contribution in [0.25, 0.3) is 10.9 Å². The van der Waals surface area contributed by atoms with Gasteiger partial charge in [0.15, 0.2) is 0 Å². The van der Waals surface area contributed by atoms with Crippen molar-refractivity contribution in [3.63, 3.8) is 0 Å². The molecule has 0 unspecified atom stereocenters. The topological polar surface area (TPSA) is 43.8 Å². The molecule has 0 amide bonds. The summed E-state index contributed by atoms with van der Waals surface area (Å²) in [4.78, 5) is 0. The Labute approximate surface area is 83.5 Å². The molecule has 0 saturated carbocycles. The van der Waals surface area contributed by atoms with Gasteiger partial charge in [0.1, 0.15) is 0 Å². The van der Waals surface area contributed by atoms with Gasteiger partial charge in [-0.05, 0) is 26.8 Å². The Morgan fingerprint density at radius 2 is 2.07 bits per heavy atom. The highest BCUT2D eigenvalue weighted by molar-refractivity contribution is 5.91. The van der Waals surface area contributed by atoms with E-state index in [2.05, 4.69) is 25.0 Å². The molecule has 0 radical (unpaired) electrons. The highest BCUT2D eigenvalue weighted by atomic mass is 15.3. The predicted molar refractivity (Wildman–Crippen MR) is 59.3 cm³/mol. The third-order valence-electron chi connectivity index (χ3n) is 2.43. The minimum Gasteiger partial charge on any atom is -0.397 e. The van der Waals surface area contributed by atoms with Gasteiger partial charge in [-0.3, -0.25) is 4.68 Å². The lowest BCUT2D eigenvalue weighted by atomic mass is 10.2. The largest absolute Gasteiger partial charge is 0.397 e. The van der Waals surface area contributed by atoms with E-state index in [0.717, 1.165) is 22.3 Å². The molecule has 2 aromatic rings. The summed E-state index contributed by atoms with van der Waals surface area (Å²) < 4.78 is 1.99. The number of nitrogens with zero attached hydrogens (tertiary/aromatic N) is 2. The number of rotatable bonds is 1. The molecule has 0 aliphatic carbocycles. The van der Waals surface area contributed by atoms with Gasteiger partial charge in [0.2, 0.25) is 0 Å². The summed E-state index contributed by atoms with van der Waals surface area (Å²) in [6.45, 7) is 6.23. The van der Waals surface area contributed by atoms with Crippen LogP contribution < -0.4 is 5.73 Å². The fourth-order valence-electron chi connectivity index (χ4n) is 1.75. The molecule has 3 nitrogen and oxygen atoms in total. The summed E-state index contributed by atoms with van der Waals surface area (Å²) in [7, 11) is 0. The zero-order valence-corrected chi connectivity index (χ0v) is 8.78. The SMILES string of the molecule is Cc1nn(C(C)C)c2c(N)cccc12. The maximum absolute atomic E-state index is 5.95. The van der Waals surface area contributed by atoms with Crippen LogP contribution >= 0.6 is 0 Å². The number of benzene rings is 1. The van der Waals surface area contributed by atoms with Crippen molar-refractivity contribution in [2.24, 2.45) is 0 Å². The lowest BCUT2D eigenvalue weighted by Crippen LogP contribution is -2.04. The van der Waals surface area contributed by atoms with Gasteiger partial charge >= 0.3 is 0 Å². The number of aromatic nitrogens is 2. The summed E-state index contributed by atoms with van der Waals surface area (Å²) in [6.07, 6.45) is 0. The summed E-state index contributed by atoms with van der Waals surface area (Å²) in [6, 6.07) is 6.29. The molecule has 1 heterocycles. The van der Waals surface area contributed by atoms with Crippen molar-refractivity contribution in [1.29, 1.82) is 0 Å². The minimum absolute atomic E-state index is 0.343. The number of para-hydroxylation sites is 1. The van der Waals surface area contributed by atoms with E-state index in [1.165, 1.54) is 0 Å². The van der Waals surface area contributed by atoms with Gasteiger partial charge in [-0.15, -0.1) is 0 Å². The van der Waals surface area contributed by atoms with E-state index in [0.29, 0.717) is 6.04 Å². The molecule has 74 valence electrons. The van der Waals surface area contributed by atoms with Gasteiger partial charge in [0.25, 0.3) is 0 Å². The third kappa shape index (κ3) is 1.16. The van der Waals surface area contributed by atoms with Crippen molar-refractivity contribution in [3.8, 4) is 0 Å². The molecule has 2 N–H and O–H groups in total. The van der Waals surface area contributed by atoms with Gasteiger partial charge in [-0.25, -0.2) is 0 Å². The molecule has 1 aromatic carbocycles. The first kappa shape index (κ1) is 9.06. The minimum atomic E-state index is 0.343. The first-order valence-electron chi connectivity index (χ1n) is 4.84. The smallest absolute Gasteiger partial charge is 0.0917 e. The maximum Gasteiger partial charge on any atom is 0.0917 e. The third-order valence-corrected chi connectivity index (χ3v) is 2.43. The predicted octanol–water partition coefficient (Wildman–Crippen LogP) is 2.51. The molecular formula is C11H15N3. The monoisotopic (exact) mass is 189 g/mol. The molecule has 0 fully saturated rings. The summed E-state index contributed by atoms with van der Waals surface area (Å²) >= 11 is 0. The van der Waals surface area contributed by atoms with Gasteiger partial charge in [-0.1, -0.05) is 12.1 Å². The van der Waals surface area contributed by atoms with Gasteiger partial charge in [0, 0.05) is 11.4 Å². The van der Waals surface area contributed by atoms with Crippen molar-refractivity contribution >= 4 is 16.6 Å². The second kappa shape index (κ2) is 3.01. The molecular weight excluding hydrogens is 174 g/mol. The van der Waals surface area contributed by atoms with Crippen LogP contribution in [0.5, 0.6) is 0 Å². The van der Waals surface area contributed by atoms with E-state index in [4.69, 9.17) is 5.73 Å². The highest BCUT2D eigenvalue weighted by Gasteiger charge is 2.11. The van der Waals surface area contributed by atoms with E-state index in [1.54, 1.807) is 0 Å². The summed E-state index contributed by atoms with van der Waals surface area (Å²) in [5, 5.41) is 5.64. The molecule has 14 heavy (non-hydrogen) atoms. The Balaban J connectivity index is 2.86. The van der Waals surface area contributed by atoms with Crippen LogP contribution in [0.15, 0.2) is 18.2 Å². The fraction of sp³-hybridized carbons (Fsp3) is 0.364. The molecule has 1 aromatic heterocycles. The number of hydrogen-bond acceptors (Lipinski definition) is 2. The number of nitrogen functional groups attached to an aromatic ring is 1. The van der Waals surface area contributed by atoms with E-state index >= 15 is 0 Å². The molecule has 3 heteroatoms. The van der Waals surface area contributed by atoms with Crippen LogP contribution in [-0.2, 0) is 0 Å². The van der Waals surface area contributed by atoms with Crippen LogP contribution in [0.1, 0.15) is 25.6 Å². The molecule has 0 atom stereocenters. The van der Waals surface area contributed by atoms with Crippen LogP contribution in [0.4, 0.5) is 5.69 Å². The van der Waals surface area contributed by atoms with Crippen molar-refractivity contribution in [2.75, 3.05) is 5.73 Å². The summed E-state index contributed by atoms with van der Waals surface area (Å²) in [5.41, 5.74) is 8.85. The fourth-order valence-corrected chi connectivity index (χ4v) is 1.75. The van der Waals surface area contributed by atoms with Gasteiger partial charge in [0.05, 0.1) is 16.9 Å². The quantitative estimate of drug-likeness (QED) is 0.700. The molecule has 0 bridgehead atoms. The summed E-state index contributed by atoms with van der Waals surface area (Å²) in [5.74, 6) is 0. The Morgan fingerprint density at radius 3 is 2.71 bits per heavy atom. The molecule has 0 aliphatic rings. The number of anilines is 1. The first-order valence-corrected chi connectivity index (χ1v) is 4.84. The number of aryl methyl sites for hydroxylation is 1. The highest BCUT2D eigenvalue weighted by Crippen LogP contribution is 2.25. The van der Waals surface area contributed by atoms with E-state index in [9.17, 15) is 0 Å². The maximum atomic E-state index is 5.95. The van der Waals surface area contributed by atoms with Crippen molar-refractivity contribution in [1.82, 2.24) is 9.78 Å². The van der Waals surface area contributed by atoms with E-state index < -0.39 is 0 Å².